The molecular formula is C15H9BrCl2N2O. The van der Waals surface area contributed by atoms with Gasteiger partial charge in [0.1, 0.15) is 5.71 Å². The van der Waals surface area contributed by atoms with Gasteiger partial charge >= 0.3 is 0 Å². The minimum Gasteiger partial charge on any atom is -0.320 e. The summed E-state index contributed by atoms with van der Waals surface area (Å²) in [6, 6.07) is 8.84. The van der Waals surface area contributed by atoms with Crippen LogP contribution in [0.4, 0.5) is 11.4 Å². The highest BCUT2D eigenvalue weighted by Gasteiger charge is 2.28. The van der Waals surface area contributed by atoms with Crippen molar-refractivity contribution in [2.24, 2.45) is 4.99 Å². The summed E-state index contributed by atoms with van der Waals surface area (Å²) in [4.78, 5) is 16.5. The molecule has 0 atom stereocenters. The number of hydrogen-bond acceptors (Lipinski definition) is 2. The van der Waals surface area contributed by atoms with Crippen LogP contribution in [0.3, 0.4) is 0 Å². The molecule has 6 heteroatoms. The summed E-state index contributed by atoms with van der Waals surface area (Å²) in [5, 5.41) is 3.96. The first-order valence-corrected chi connectivity index (χ1v) is 7.67. The lowest BCUT2D eigenvalue weighted by Gasteiger charge is -2.04. The number of carbonyl (C=O) groups excluding carboxylic acids is 1. The number of halogens is 3. The molecule has 0 unspecified atom stereocenters. The fourth-order valence-corrected chi connectivity index (χ4v) is 2.71. The summed E-state index contributed by atoms with van der Waals surface area (Å²) in [6.45, 7) is 1.86. The molecule has 0 spiro atoms. The van der Waals surface area contributed by atoms with Gasteiger partial charge in [0.25, 0.3) is 5.91 Å². The molecule has 1 N–H and O–H groups in total. The van der Waals surface area contributed by atoms with Crippen LogP contribution in [0.2, 0.25) is 10.0 Å². The van der Waals surface area contributed by atoms with Gasteiger partial charge in [-0.05, 0) is 58.7 Å². The van der Waals surface area contributed by atoms with Crippen LogP contribution in [0.15, 0.2) is 39.8 Å². The maximum Gasteiger partial charge on any atom is 0.275 e. The molecule has 2 aromatic carbocycles. The van der Waals surface area contributed by atoms with Crippen LogP contribution in [-0.2, 0) is 4.79 Å². The number of nitrogens with one attached hydrogen (secondary N) is 1. The van der Waals surface area contributed by atoms with Crippen LogP contribution < -0.4 is 5.32 Å². The smallest absolute Gasteiger partial charge is 0.275 e. The Morgan fingerprint density at radius 2 is 1.90 bits per heavy atom. The third kappa shape index (κ3) is 2.59. The molecule has 0 bridgehead atoms. The Bertz CT molecular complexity index is 803. The number of nitrogens with zero attached hydrogens (tertiary/aromatic N) is 1. The van der Waals surface area contributed by atoms with Crippen molar-refractivity contribution < 1.29 is 4.79 Å². The molecule has 2 aromatic rings. The van der Waals surface area contributed by atoms with Gasteiger partial charge < -0.3 is 5.32 Å². The lowest BCUT2D eigenvalue weighted by atomic mass is 10.1. The van der Waals surface area contributed by atoms with Crippen molar-refractivity contribution in [2.45, 2.75) is 6.92 Å². The SMILES string of the molecule is Cc1c(Cl)ccc2c1NC(=O)C2=Nc1ccc(Br)c(Cl)c1. The van der Waals surface area contributed by atoms with Crippen molar-refractivity contribution in [1.82, 2.24) is 0 Å². The molecule has 0 aliphatic carbocycles. The quantitative estimate of drug-likeness (QED) is 0.727. The van der Waals surface area contributed by atoms with Crippen LogP contribution in [0.25, 0.3) is 0 Å². The second kappa shape index (κ2) is 5.44. The predicted octanol–water partition coefficient (Wildman–Crippen LogP) is 5.14. The fraction of sp³-hybridized carbons (Fsp3) is 0.0667. The Hall–Kier alpha value is -1.36. The van der Waals surface area contributed by atoms with Crippen LogP contribution in [0.1, 0.15) is 11.1 Å². The second-order valence-corrected chi connectivity index (χ2v) is 6.28. The average molecular weight is 384 g/mol. The van der Waals surface area contributed by atoms with Crippen molar-refractivity contribution in [2.75, 3.05) is 5.32 Å². The highest BCUT2D eigenvalue weighted by Crippen LogP contribution is 2.34. The summed E-state index contributed by atoms with van der Waals surface area (Å²) >= 11 is 15.4. The van der Waals surface area contributed by atoms with E-state index in [4.69, 9.17) is 23.2 Å². The highest BCUT2D eigenvalue weighted by atomic mass is 79.9. The summed E-state index contributed by atoms with van der Waals surface area (Å²) in [5.74, 6) is -0.241. The maximum atomic E-state index is 12.1. The third-order valence-corrected chi connectivity index (χ3v) is 4.89. The van der Waals surface area contributed by atoms with Crippen LogP contribution in [0, 0.1) is 6.92 Å². The zero-order valence-corrected chi connectivity index (χ0v) is 14.0. The summed E-state index contributed by atoms with van der Waals surface area (Å²) in [6.07, 6.45) is 0. The van der Waals surface area contributed by atoms with E-state index in [-0.39, 0.29) is 5.91 Å². The van der Waals surface area contributed by atoms with Crippen LogP contribution in [0.5, 0.6) is 0 Å². The van der Waals surface area contributed by atoms with Gasteiger partial charge in [-0.3, -0.25) is 4.79 Å². The van der Waals surface area contributed by atoms with E-state index in [1.807, 2.05) is 6.92 Å². The van der Waals surface area contributed by atoms with E-state index in [2.05, 4.69) is 26.2 Å². The molecule has 1 heterocycles. The lowest BCUT2D eigenvalue weighted by molar-refractivity contribution is -0.110. The maximum absolute atomic E-state index is 12.1. The van der Waals surface area contributed by atoms with Crippen molar-refractivity contribution >= 4 is 62.1 Å². The van der Waals surface area contributed by atoms with Gasteiger partial charge in [0.2, 0.25) is 0 Å². The predicted molar refractivity (Wildman–Crippen MR) is 90.2 cm³/mol. The van der Waals surface area contributed by atoms with Crippen molar-refractivity contribution in [3.8, 4) is 0 Å². The zero-order valence-electron chi connectivity index (χ0n) is 10.9. The number of hydrogen-bond donors (Lipinski definition) is 1. The van der Waals surface area contributed by atoms with E-state index >= 15 is 0 Å². The number of fused-ring (bicyclic) bond motifs is 1. The van der Waals surface area contributed by atoms with Crippen LogP contribution >= 0.6 is 39.1 Å². The Kier molecular flexibility index (Phi) is 3.78. The van der Waals surface area contributed by atoms with Gasteiger partial charge in [0.15, 0.2) is 0 Å². The number of benzene rings is 2. The molecule has 0 aromatic heterocycles. The first-order valence-electron chi connectivity index (χ1n) is 6.12. The van der Waals surface area contributed by atoms with Gasteiger partial charge in [0, 0.05) is 15.1 Å². The molecule has 1 amide bonds. The topological polar surface area (TPSA) is 41.5 Å². The largest absolute Gasteiger partial charge is 0.320 e. The summed E-state index contributed by atoms with van der Waals surface area (Å²) < 4.78 is 0.784. The van der Waals surface area contributed by atoms with Crippen molar-refractivity contribution in [1.29, 1.82) is 0 Å². The molecule has 3 nitrogen and oxygen atoms in total. The van der Waals surface area contributed by atoms with E-state index < -0.39 is 0 Å². The molecule has 0 fully saturated rings. The normalized spacial score (nSPS) is 15.2. The number of rotatable bonds is 1. The molecule has 0 radical (unpaired) electrons. The van der Waals surface area contributed by atoms with Gasteiger partial charge in [-0.15, -0.1) is 0 Å². The highest BCUT2D eigenvalue weighted by molar-refractivity contribution is 9.10. The van der Waals surface area contributed by atoms with Gasteiger partial charge in [-0.2, -0.15) is 0 Å². The van der Waals surface area contributed by atoms with Crippen molar-refractivity contribution in [3.05, 3.63) is 56.0 Å². The first-order chi connectivity index (χ1) is 9.97. The number of amides is 1. The summed E-state index contributed by atoms with van der Waals surface area (Å²) in [5.41, 5.74) is 3.29. The first kappa shape index (κ1) is 14.6. The third-order valence-electron chi connectivity index (χ3n) is 3.25. The Balaban J connectivity index is 2.12. The molecular weight excluding hydrogens is 375 g/mol. The number of anilines is 1. The molecule has 21 heavy (non-hydrogen) atoms. The van der Waals surface area contributed by atoms with Crippen LogP contribution in [-0.4, -0.2) is 11.6 Å². The molecule has 3 rings (SSSR count). The molecule has 0 saturated heterocycles. The van der Waals surface area contributed by atoms with E-state index in [1.165, 1.54) is 0 Å². The minimum absolute atomic E-state index is 0.241. The Labute approximate surface area is 140 Å². The molecule has 1 aliphatic rings. The van der Waals surface area contributed by atoms with E-state index in [0.717, 1.165) is 21.3 Å². The molecule has 0 saturated carbocycles. The van der Waals surface area contributed by atoms with Gasteiger partial charge in [-0.1, -0.05) is 23.2 Å². The number of aliphatic imine (C=N–C) groups is 1. The fourth-order valence-electron chi connectivity index (χ4n) is 2.13. The second-order valence-electron chi connectivity index (χ2n) is 4.61. The monoisotopic (exact) mass is 382 g/mol. The van der Waals surface area contributed by atoms with E-state index in [1.54, 1.807) is 30.3 Å². The van der Waals surface area contributed by atoms with Gasteiger partial charge in [-0.25, -0.2) is 4.99 Å². The lowest BCUT2D eigenvalue weighted by Crippen LogP contribution is -2.13. The Morgan fingerprint density at radius 1 is 1.14 bits per heavy atom. The van der Waals surface area contributed by atoms with E-state index in [0.29, 0.717) is 21.4 Å². The summed E-state index contributed by atoms with van der Waals surface area (Å²) in [7, 11) is 0. The molecule has 1 aliphatic heterocycles. The minimum atomic E-state index is -0.241. The number of carbonyl (C=O) groups is 1. The average Bonchev–Trinajstić information content (AvgIpc) is 2.76. The molecule has 106 valence electrons. The van der Waals surface area contributed by atoms with E-state index in [9.17, 15) is 4.79 Å². The zero-order chi connectivity index (χ0) is 15.1. The van der Waals surface area contributed by atoms with Crippen molar-refractivity contribution in [3.63, 3.8) is 0 Å². The standard InChI is InChI=1S/C15H9BrCl2N2O/c1-7-11(17)5-3-9-13(7)20-15(21)14(9)19-8-2-4-10(16)12(18)6-8/h2-6H,1H3,(H,19,20,21). The Morgan fingerprint density at radius 3 is 2.62 bits per heavy atom. The van der Waals surface area contributed by atoms with Gasteiger partial charge in [0.05, 0.1) is 16.4 Å².